The summed E-state index contributed by atoms with van der Waals surface area (Å²) in [5, 5.41) is 0. The number of rotatable bonds is 4. The third kappa shape index (κ3) is 2.83. The highest BCUT2D eigenvalue weighted by atomic mass is 19.2. The standard InChI is InChI=1S/C23H26F2N2O/c1-28-20-8-3-2-5-16(20)13-27-14-18(17-6-4-7-19(24)21(17)25)23-22(27)15-9-11-26(23)12-10-15/h2-8,15,18,22-23H,9-14H2,1H3/t18-,22+,23+/m1/s1. The summed E-state index contributed by atoms with van der Waals surface area (Å²) in [5.41, 5.74) is 1.69. The summed E-state index contributed by atoms with van der Waals surface area (Å²) in [6, 6.07) is 13.4. The highest BCUT2D eigenvalue weighted by Gasteiger charge is 2.53. The van der Waals surface area contributed by atoms with Gasteiger partial charge in [0.25, 0.3) is 0 Å². The van der Waals surface area contributed by atoms with Crippen LogP contribution in [0.4, 0.5) is 8.78 Å². The van der Waals surface area contributed by atoms with E-state index >= 15 is 0 Å². The molecule has 0 spiro atoms. The second-order valence-electron chi connectivity index (χ2n) is 8.35. The lowest BCUT2D eigenvalue weighted by Crippen LogP contribution is -2.60. The number of fused-ring (bicyclic) bond motifs is 2. The number of piperidine rings is 3. The molecule has 0 N–H and O–H groups in total. The molecule has 0 aliphatic carbocycles. The molecule has 148 valence electrons. The third-order valence-electron chi connectivity index (χ3n) is 7.04. The van der Waals surface area contributed by atoms with Gasteiger partial charge in [-0.2, -0.15) is 0 Å². The van der Waals surface area contributed by atoms with Gasteiger partial charge in [0.05, 0.1) is 7.11 Å². The van der Waals surface area contributed by atoms with Crippen molar-refractivity contribution in [2.45, 2.75) is 37.4 Å². The Labute approximate surface area is 164 Å². The van der Waals surface area contributed by atoms with Crippen LogP contribution in [0.25, 0.3) is 0 Å². The van der Waals surface area contributed by atoms with Gasteiger partial charge < -0.3 is 4.74 Å². The van der Waals surface area contributed by atoms with E-state index in [4.69, 9.17) is 4.74 Å². The van der Waals surface area contributed by atoms with Crippen LogP contribution >= 0.6 is 0 Å². The first kappa shape index (κ1) is 18.1. The fourth-order valence-corrected chi connectivity index (χ4v) is 5.85. The van der Waals surface area contributed by atoms with Crippen LogP contribution in [0.3, 0.4) is 0 Å². The van der Waals surface area contributed by atoms with Crippen LogP contribution in [0.1, 0.15) is 29.9 Å². The molecule has 4 saturated heterocycles. The average molecular weight is 384 g/mol. The number of methoxy groups -OCH3 is 1. The minimum absolute atomic E-state index is 0.00138. The van der Waals surface area contributed by atoms with E-state index in [1.807, 2.05) is 18.2 Å². The quantitative estimate of drug-likeness (QED) is 0.791. The molecule has 2 bridgehead atoms. The number of halogens is 2. The molecular weight excluding hydrogens is 358 g/mol. The van der Waals surface area contributed by atoms with Gasteiger partial charge in [0.15, 0.2) is 11.6 Å². The highest BCUT2D eigenvalue weighted by molar-refractivity contribution is 5.34. The van der Waals surface area contributed by atoms with Crippen LogP contribution in [0, 0.1) is 17.6 Å². The molecule has 28 heavy (non-hydrogen) atoms. The number of benzene rings is 2. The van der Waals surface area contributed by atoms with Gasteiger partial charge >= 0.3 is 0 Å². The van der Waals surface area contributed by atoms with E-state index < -0.39 is 11.6 Å². The maximum absolute atomic E-state index is 14.7. The Balaban J connectivity index is 1.51. The Hall–Kier alpha value is -1.98. The summed E-state index contributed by atoms with van der Waals surface area (Å²) in [6.07, 6.45) is 2.39. The minimum atomic E-state index is -0.742. The lowest BCUT2D eigenvalue weighted by atomic mass is 9.75. The monoisotopic (exact) mass is 384 g/mol. The van der Waals surface area contributed by atoms with Gasteiger partial charge in [0, 0.05) is 36.7 Å². The van der Waals surface area contributed by atoms with Crippen molar-refractivity contribution in [3.8, 4) is 5.75 Å². The summed E-state index contributed by atoms with van der Waals surface area (Å²) < 4.78 is 34.2. The first-order valence-corrected chi connectivity index (χ1v) is 10.2. The maximum atomic E-state index is 14.7. The molecule has 4 aliphatic rings. The first-order valence-electron chi connectivity index (χ1n) is 10.2. The van der Waals surface area contributed by atoms with Crippen LogP contribution in [0.2, 0.25) is 0 Å². The lowest BCUT2D eigenvalue weighted by Gasteiger charge is -2.51. The molecular formula is C23H26F2N2O. The Morgan fingerprint density at radius 3 is 2.57 bits per heavy atom. The molecule has 3 atom stereocenters. The van der Waals surface area contributed by atoms with Crippen LogP contribution in [0.5, 0.6) is 5.75 Å². The van der Waals surface area contributed by atoms with E-state index in [0.717, 1.165) is 37.5 Å². The van der Waals surface area contributed by atoms with Gasteiger partial charge in [0.1, 0.15) is 5.75 Å². The van der Waals surface area contributed by atoms with Gasteiger partial charge in [-0.15, -0.1) is 0 Å². The summed E-state index contributed by atoms with van der Waals surface area (Å²) >= 11 is 0. The molecule has 4 heterocycles. The zero-order valence-electron chi connectivity index (χ0n) is 16.2. The van der Waals surface area contributed by atoms with Crippen molar-refractivity contribution in [3.63, 3.8) is 0 Å². The topological polar surface area (TPSA) is 15.7 Å². The number of ether oxygens (including phenoxy) is 1. The molecule has 2 aromatic carbocycles. The number of hydrogen-bond acceptors (Lipinski definition) is 3. The van der Waals surface area contributed by atoms with Crippen LogP contribution in [0.15, 0.2) is 42.5 Å². The molecule has 0 saturated carbocycles. The SMILES string of the molecule is COc1ccccc1CN1C[C@H](c2cccc(F)c2F)[C@H]2[C@@H]1C1CCN2CC1. The molecule has 2 aromatic rings. The van der Waals surface area contributed by atoms with Gasteiger partial charge in [-0.25, -0.2) is 8.78 Å². The van der Waals surface area contributed by atoms with Gasteiger partial charge in [-0.3, -0.25) is 9.80 Å². The number of para-hydroxylation sites is 1. The van der Waals surface area contributed by atoms with Crippen LogP contribution in [-0.4, -0.2) is 48.6 Å². The van der Waals surface area contributed by atoms with Crippen molar-refractivity contribution >= 4 is 0 Å². The first-order chi connectivity index (χ1) is 13.7. The molecule has 5 heteroatoms. The maximum Gasteiger partial charge on any atom is 0.162 e. The van der Waals surface area contributed by atoms with E-state index in [2.05, 4.69) is 15.9 Å². The molecule has 0 radical (unpaired) electrons. The summed E-state index contributed by atoms with van der Waals surface area (Å²) in [6.45, 7) is 3.67. The second-order valence-corrected chi connectivity index (χ2v) is 8.35. The lowest BCUT2D eigenvalue weighted by molar-refractivity contribution is -0.00902. The largest absolute Gasteiger partial charge is 0.496 e. The summed E-state index contributed by atoms with van der Waals surface area (Å²) in [5.74, 6) is 0.104. The molecule has 0 unspecified atom stereocenters. The highest BCUT2D eigenvalue weighted by Crippen LogP contribution is 2.47. The van der Waals surface area contributed by atoms with Gasteiger partial charge in [0.2, 0.25) is 0 Å². The van der Waals surface area contributed by atoms with Crippen LogP contribution in [-0.2, 0) is 6.54 Å². The zero-order chi connectivity index (χ0) is 19.3. The van der Waals surface area contributed by atoms with Crippen LogP contribution < -0.4 is 4.74 Å². The number of nitrogens with zero attached hydrogens (tertiary/aromatic N) is 2. The van der Waals surface area contributed by atoms with Crippen molar-refractivity contribution in [1.82, 2.24) is 9.80 Å². The fourth-order valence-electron chi connectivity index (χ4n) is 5.85. The third-order valence-corrected chi connectivity index (χ3v) is 7.04. The van der Waals surface area contributed by atoms with Crippen molar-refractivity contribution < 1.29 is 13.5 Å². The summed E-state index contributed by atoms with van der Waals surface area (Å²) in [7, 11) is 1.70. The Morgan fingerprint density at radius 1 is 1.00 bits per heavy atom. The summed E-state index contributed by atoms with van der Waals surface area (Å²) in [4.78, 5) is 5.01. The van der Waals surface area contributed by atoms with E-state index in [0.29, 0.717) is 17.5 Å². The van der Waals surface area contributed by atoms with Gasteiger partial charge in [-0.05, 0) is 49.5 Å². The molecule has 0 amide bonds. The van der Waals surface area contributed by atoms with Crippen molar-refractivity contribution in [2.75, 3.05) is 26.7 Å². The van der Waals surface area contributed by atoms with Gasteiger partial charge in [-0.1, -0.05) is 30.3 Å². The Morgan fingerprint density at radius 2 is 1.79 bits per heavy atom. The van der Waals surface area contributed by atoms with E-state index in [-0.39, 0.29) is 12.0 Å². The van der Waals surface area contributed by atoms with Crippen molar-refractivity contribution in [1.29, 1.82) is 0 Å². The van der Waals surface area contributed by atoms with E-state index in [1.54, 1.807) is 19.2 Å². The molecule has 4 aliphatic heterocycles. The number of likely N-dealkylation sites (tertiary alicyclic amines) is 1. The molecule has 0 aromatic heterocycles. The predicted molar refractivity (Wildman–Crippen MR) is 104 cm³/mol. The van der Waals surface area contributed by atoms with E-state index in [1.165, 1.54) is 18.9 Å². The second kappa shape index (κ2) is 7.12. The number of hydrogen-bond donors (Lipinski definition) is 0. The molecule has 6 rings (SSSR count). The van der Waals surface area contributed by atoms with Crippen molar-refractivity contribution in [2.24, 2.45) is 5.92 Å². The normalized spacial score (nSPS) is 31.8. The smallest absolute Gasteiger partial charge is 0.162 e. The van der Waals surface area contributed by atoms with E-state index in [9.17, 15) is 8.78 Å². The Bertz CT molecular complexity index is 865. The average Bonchev–Trinajstić information content (AvgIpc) is 3.13. The molecule has 3 nitrogen and oxygen atoms in total. The Kier molecular flexibility index (Phi) is 4.60. The minimum Gasteiger partial charge on any atom is -0.496 e. The fraction of sp³-hybridized carbons (Fsp3) is 0.478. The predicted octanol–water partition coefficient (Wildman–Crippen LogP) is 4.04. The zero-order valence-corrected chi connectivity index (χ0v) is 16.2. The molecule has 4 fully saturated rings. The van der Waals surface area contributed by atoms with Crippen molar-refractivity contribution in [3.05, 3.63) is 65.2 Å².